The normalized spacial score (nSPS) is 43.7. The van der Waals surface area contributed by atoms with Crippen LogP contribution in [0.4, 0.5) is 0 Å². The van der Waals surface area contributed by atoms with Crippen molar-refractivity contribution in [3.05, 3.63) is 0 Å². The smallest absolute Gasteiger partial charge is 0.104 e. The number of morpholine rings is 1. The molecule has 0 radical (unpaired) electrons. The van der Waals surface area contributed by atoms with E-state index < -0.39 is 0 Å². The van der Waals surface area contributed by atoms with Crippen LogP contribution in [0.2, 0.25) is 0 Å². The Kier molecular flexibility index (Phi) is 5.05. The summed E-state index contributed by atoms with van der Waals surface area (Å²) in [7, 11) is 0. The van der Waals surface area contributed by atoms with Crippen molar-refractivity contribution in [2.45, 2.75) is 71.2 Å². The third-order valence-corrected chi connectivity index (χ3v) is 5.08. The van der Waals surface area contributed by atoms with Crippen molar-refractivity contribution < 1.29 is 14.5 Å². The second-order valence-electron chi connectivity index (χ2n) is 6.57. The first-order chi connectivity index (χ1) is 8.60. The first-order valence-electron chi connectivity index (χ1n) is 7.94. The molecule has 0 amide bonds. The van der Waals surface area contributed by atoms with Gasteiger partial charge in [-0.1, -0.05) is 6.92 Å². The SMILES string of the molecule is CC[C@H](C)[NH+]1CCC([NH+]2C[C@@H](C)O[C@H](C)C2)CC1. The summed E-state index contributed by atoms with van der Waals surface area (Å²) in [4.78, 5) is 3.65. The van der Waals surface area contributed by atoms with Crippen molar-refractivity contribution in [2.75, 3.05) is 26.2 Å². The lowest BCUT2D eigenvalue weighted by molar-refractivity contribution is -0.974. The van der Waals surface area contributed by atoms with Gasteiger partial charge in [0.15, 0.2) is 0 Å². The van der Waals surface area contributed by atoms with Gasteiger partial charge >= 0.3 is 0 Å². The van der Waals surface area contributed by atoms with E-state index in [0.29, 0.717) is 12.2 Å². The molecule has 18 heavy (non-hydrogen) atoms. The van der Waals surface area contributed by atoms with Gasteiger partial charge in [-0.2, -0.15) is 0 Å². The fraction of sp³-hybridized carbons (Fsp3) is 1.00. The fourth-order valence-electron chi connectivity index (χ4n) is 3.83. The van der Waals surface area contributed by atoms with Crippen LogP contribution in [-0.4, -0.2) is 50.5 Å². The van der Waals surface area contributed by atoms with Crippen LogP contribution < -0.4 is 9.80 Å². The summed E-state index contributed by atoms with van der Waals surface area (Å²) in [5, 5.41) is 0. The van der Waals surface area contributed by atoms with Crippen LogP contribution in [0.1, 0.15) is 47.0 Å². The minimum atomic E-state index is 0.448. The Morgan fingerprint density at radius 1 is 1.11 bits per heavy atom. The first kappa shape index (κ1) is 14.3. The lowest BCUT2D eigenvalue weighted by Gasteiger charge is -2.40. The monoisotopic (exact) mass is 256 g/mol. The Hall–Kier alpha value is -0.120. The minimum Gasteiger partial charge on any atom is -0.364 e. The molecule has 2 fully saturated rings. The van der Waals surface area contributed by atoms with Crippen LogP contribution in [-0.2, 0) is 4.74 Å². The largest absolute Gasteiger partial charge is 0.364 e. The van der Waals surface area contributed by atoms with E-state index in [2.05, 4.69) is 27.7 Å². The zero-order valence-corrected chi connectivity index (χ0v) is 12.7. The third kappa shape index (κ3) is 3.46. The van der Waals surface area contributed by atoms with E-state index in [9.17, 15) is 0 Å². The number of hydrogen-bond acceptors (Lipinski definition) is 1. The highest BCUT2D eigenvalue weighted by Gasteiger charge is 2.35. The van der Waals surface area contributed by atoms with Gasteiger partial charge < -0.3 is 14.5 Å². The summed E-state index contributed by atoms with van der Waals surface area (Å²) in [6.07, 6.45) is 5.04. The molecule has 2 N–H and O–H groups in total. The zero-order chi connectivity index (χ0) is 13.1. The second-order valence-corrected chi connectivity index (χ2v) is 6.57. The summed E-state index contributed by atoms with van der Waals surface area (Å²) >= 11 is 0. The summed E-state index contributed by atoms with van der Waals surface area (Å²) in [6.45, 7) is 14.4. The molecule has 0 aromatic rings. The quantitative estimate of drug-likeness (QED) is 0.698. The molecule has 2 aliphatic rings. The van der Waals surface area contributed by atoms with Gasteiger partial charge in [-0.3, -0.25) is 0 Å². The molecule has 0 unspecified atom stereocenters. The maximum absolute atomic E-state index is 5.86. The molecule has 0 aliphatic carbocycles. The predicted octanol–water partition coefficient (Wildman–Crippen LogP) is -0.476. The molecule has 0 spiro atoms. The van der Waals surface area contributed by atoms with E-state index in [-0.39, 0.29) is 0 Å². The molecule has 0 saturated carbocycles. The van der Waals surface area contributed by atoms with Gasteiger partial charge in [-0.05, 0) is 27.2 Å². The number of piperidine rings is 1. The lowest BCUT2D eigenvalue weighted by Crippen LogP contribution is -3.23. The van der Waals surface area contributed by atoms with Crippen molar-refractivity contribution in [3.63, 3.8) is 0 Å². The second kappa shape index (κ2) is 6.36. The van der Waals surface area contributed by atoms with Gasteiger partial charge in [0.2, 0.25) is 0 Å². The average molecular weight is 256 g/mol. The summed E-state index contributed by atoms with van der Waals surface area (Å²) in [5.74, 6) is 0. The van der Waals surface area contributed by atoms with E-state index >= 15 is 0 Å². The van der Waals surface area contributed by atoms with Gasteiger partial charge in [0.1, 0.15) is 25.3 Å². The molecule has 3 heteroatoms. The van der Waals surface area contributed by atoms with Crippen molar-refractivity contribution >= 4 is 0 Å². The molecule has 106 valence electrons. The van der Waals surface area contributed by atoms with Gasteiger partial charge in [-0.25, -0.2) is 0 Å². The maximum atomic E-state index is 5.86. The molecule has 0 aromatic heterocycles. The van der Waals surface area contributed by atoms with Gasteiger partial charge in [-0.15, -0.1) is 0 Å². The van der Waals surface area contributed by atoms with Crippen LogP contribution in [0.5, 0.6) is 0 Å². The average Bonchev–Trinajstić information content (AvgIpc) is 2.37. The van der Waals surface area contributed by atoms with E-state index in [4.69, 9.17) is 4.74 Å². The third-order valence-electron chi connectivity index (χ3n) is 5.08. The molecule has 3 atom stereocenters. The highest BCUT2D eigenvalue weighted by Crippen LogP contribution is 2.03. The molecular weight excluding hydrogens is 224 g/mol. The van der Waals surface area contributed by atoms with Crippen molar-refractivity contribution in [2.24, 2.45) is 0 Å². The minimum absolute atomic E-state index is 0.448. The van der Waals surface area contributed by atoms with Crippen LogP contribution >= 0.6 is 0 Å². The van der Waals surface area contributed by atoms with E-state index in [1.807, 2.05) is 9.80 Å². The first-order valence-corrected chi connectivity index (χ1v) is 7.94. The van der Waals surface area contributed by atoms with Crippen molar-refractivity contribution in [1.82, 2.24) is 0 Å². The molecular formula is C15H32N2O+2. The topological polar surface area (TPSA) is 18.1 Å². The van der Waals surface area contributed by atoms with Gasteiger partial charge in [0, 0.05) is 12.8 Å². The fourth-order valence-corrected chi connectivity index (χ4v) is 3.83. The molecule has 2 saturated heterocycles. The zero-order valence-electron chi connectivity index (χ0n) is 12.7. The Balaban J connectivity index is 1.82. The maximum Gasteiger partial charge on any atom is 0.104 e. The number of hydrogen-bond donors (Lipinski definition) is 2. The highest BCUT2D eigenvalue weighted by atomic mass is 16.5. The molecule has 2 heterocycles. The Bertz CT molecular complexity index is 241. The number of likely N-dealkylation sites (tertiary alicyclic amines) is 1. The number of ether oxygens (including phenoxy) is 1. The van der Waals surface area contributed by atoms with Crippen LogP contribution in [0.3, 0.4) is 0 Å². The Labute approximate surface area is 112 Å². The lowest BCUT2D eigenvalue weighted by atomic mass is 9.99. The van der Waals surface area contributed by atoms with E-state index in [1.54, 1.807) is 0 Å². The van der Waals surface area contributed by atoms with Gasteiger partial charge in [0.25, 0.3) is 0 Å². The molecule has 2 aliphatic heterocycles. The highest BCUT2D eigenvalue weighted by molar-refractivity contribution is 4.66. The standard InChI is InChI=1S/C15H30N2O/c1-5-12(2)16-8-6-15(7-9-16)17-10-13(3)18-14(4)11-17/h12-15H,5-11H2,1-4H3/p+2/t12-,13+,14+/m0/s1. The van der Waals surface area contributed by atoms with E-state index in [1.165, 1.54) is 45.4 Å². The summed E-state index contributed by atoms with van der Waals surface area (Å²) < 4.78 is 5.86. The number of quaternary nitrogens is 2. The van der Waals surface area contributed by atoms with Crippen LogP contribution in [0.15, 0.2) is 0 Å². The van der Waals surface area contributed by atoms with Crippen molar-refractivity contribution in [1.29, 1.82) is 0 Å². The number of nitrogens with one attached hydrogen (secondary N) is 2. The molecule has 0 bridgehead atoms. The molecule has 3 nitrogen and oxygen atoms in total. The molecule has 0 aromatic carbocycles. The van der Waals surface area contributed by atoms with Gasteiger partial charge in [0.05, 0.1) is 25.2 Å². The van der Waals surface area contributed by atoms with Crippen LogP contribution in [0, 0.1) is 0 Å². The Morgan fingerprint density at radius 2 is 1.67 bits per heavy atom. The van der Waals surface area contributed by atoms with Crippen molar-refractivity contribution in [3.8, 4) is 0 Å². The Morgan fingerprint density at radius 3 is 2.17 bits per heavy atom. The van der Waals surface area contributed by atoms with Crippen LogP contribution in [0.25, 0.3) is 0 Å². The number of rotatable bonds is 3. The summed E-state index contributed by atoms with van der Waals surface area (Å²) in [5.41, 5.74) is 0. The molecule has 2 rings (SSSR count). The predicted molar refractivity (Wildman–Crippen MR) is 74.2 cm³/mol. The summed E-state index contributed by atoms with van der Waals surface area (Å²) in [6, 6.07) is 1.75. The van der Waals surface area contributed by atoms with E-state index in [0.717, 1.165) is 12.1 Å².